The number of nitrogens with one attached hydrogen (secondary N) is 1. The van der Waals surface area contributed by atoms with Gasteiger partial charge < -0.3 is 4.84 Å². The van der Waals surface area contributed by atoms with Gasteiger partial charge in [0.1, 0.15) is 11.9 Å². The average molecular weight is 147 g/mol. The van der Waals surface area contributed by atoms with Crippen molar-refractivity contribution >= 4 is 5.69 Å². The minimum atomic E-state index is 0.859. The molecule has 1 aromatic rings. The number of rotatable bonds is 1. The molecule has 1 aliphatic heterocycles. The Labute approximate surface area is 64.8 Å². The predicted octanol–water partition coefficient (Wildman–Crippen LogP) is 1.21. The molecular weight excluding hydrogens is 140 g/mol. The first kappa shape index (κ1) is 6.09. The second kappa shape index (κ2) is 2.54. The van der Waals surface area contributed by atoms with Crippen LogP contribution in [0.5, 0.6) is 0 Å². The molecule has 1 aliphatic rings. The fourth-order valence-electron chi connectivity index (χ4n) is 0.856. The van der Waals surface area contributed by atoms with Crippen molar-refractivity contribution in [3.8, 4) is 0 Å². The van der Waals surface area contributed by atoms with Crippen LogP contribution >= 0.6 is 0 Å². The third kappa shape index (κ3) is 1.12. The lowest BCUT2D eigenvalue weighted by atomic mass is 10.3. The van der Waals surface area contributed by atoms with Gasteiger partial charge in [0.15, 0.2) is 0 Å². The van der Waals surface area contributed by atoms with Gasteiger partial charge in [0.05, 0.1) is 6.20 Å². The monoisotopic (exact) mass is 147 g/mol. The van der Waals surface area contributed by atoms with Crippen molar-refractivity contribution in [3.05, 3.63) is 42.8 Å². The average Bonchev–Trinajstić information content (AvgIpc) is 2.58. The smallest absolute Gasteiger partial charge is 0.139 e. The van der Waals surface area contributed by atoms with E-state index in [9.17, 15) is 0 Å². The van der Waals surface area contributed by atoms with Crippen LogP contribution in [-0.2, 0) is 4.84 Å². The first-order valence-corrected chi connectivity index (χ1v) is 3.31. The van der Waals surface area contributed by atoms with Crippen molar-refractivity contribution in [2.24, 2.45) is 0 Å². The van der Waals surface area contributed by atoms with Crippen LogP contribution in [0.2, 0.25) is 0 Å². The van der Waals surface area contributed by atoms with Crippen LogP contribution in [0.15, 0.2) is 36.7 Å². The summed E-state index contributed by atoms with van der Waals surface area (Å²) in [6, 6.07) is 10.6. The molecule has 0 amide bonds. The van der Waals surface area contributed by atoms with Crippen LogP contribution in [0.3, 0.4) is 0 Å². The zero-order valence-electron chi connectivity index (χ0n) is 5.82. The molecule has 3 heteroatoms. The van der Waals surface area contributed by atoms with E-state index in [1.165, 1.54) is 5.17 Å². The van der Waals surface area contributed by atoms with E-state index in [-0.39, 0.29) is 0 Å². The molecule has 3 nitrogen and oxygen atoms in total. The maximum absolute atomic E-state index is 5.05. The molecule has 0 aliphatic carbocycles. The quantitative estimate of drug-likeness (QED) is 0.646. The molecule has 0 fully saturated rings. The van der Waals surface area contributed by atoms with Gasteiger partial charge in [-0.25, -0.2) is 0 Å². The topological polar surface area (TPSA) is 24.5 Å². The molecule has 0 aromatic heterocycles. The molecule has 1 aromatic carbocycles. The zero-order valence-corrected chi connectivity index (χ0v) is 5.82. The Hall–Kier alpha value is -1.64. The first-order chi connectivity index (χ1) is 5.47. The molecule has 0 saturated carbocycles. The summed E-state index contributed by atoms with van der Waals surface area (Å²) < 4.78 is 0. The third-order valence-electron chi connectivity index (χ3n) is 1.34. The van der Waals surface area contributed by atoms with Crippen LogP contribution in [0, 0.1) is 6.07 Å². The number of benzene rings is 1. The molecule has 0 unspecified atom stereocenters. The number of hydrazine groups is 1. The summed E-state index contributed by atoms with van der Waals surface area (Å²) in [5.74, 6) is 0. The number of para-hydroxylation sites is 1. The van der Waals surface area contributed by atoms with Crippen molar-refractivity contribution in [1.82, 2.24) is 5.43 Å². The van der Waals surface area contributed by atoms with Crippen LogP contribution in [0.1, 0.15) is 0 Å². The van der Waals surface area contributed by atoms with Crippen molar-refractivity contribution in [3.63, 3.8) is 0 Å². The third-order valence-corrected chi connectivity index (χ3v) is 1.34. The van der Waals surface area contributed by atoms with Gasteiger partial charge in [-0.3, -0.25) is 5.43 Å². The van der Waals surface area contributed by atoms with Crippen LogP contribution in [-0.4, -0.2) is 0 Å². The standard InChI is InChI=1S/C8H7N2O/c1-2-4-8(5-3-1)10-9-6-7-11-10/h1-4,6-7,9H. The zero-order chi connectivity index (χ0) is 7.52. The van der Waals surface area contributed by atoms with E-state index in [2.05, 4.69) is 11.5 Å². The highest BCUT2D eigenvalue weighted by molar-refractivity contribution is 5.41. The summed E-state index contributed by atoms with van der Waals surface area (Å²) in [5.41, 5.74) is 3.73. The molecule has 1 heterocycles. The Morgan fingerprint density at radius 3 is 3.09 bits per heavy atom. The summed E-state index contributed by atoms with van der Waals surface area (Å²) in [6.45, 7) is 0. The predicted molar refractivity (Wildman–Crippen MR) is 41.1 cm³/mol. The Morgan fingerprint density at radius 1 is 1.45 bits per heavy atom. The number of hydrogen-bond acceptors (Lipinski definition) is 3. The number of anilines is 1. The number of hydrogen-bond donors (Lipinski definition) is 1. The fourth-order valence-corrected chi connectivity index (χ4v) is 0.856. The van der Waals surface area contributed by atoms with E-state index in [0.29, 0.717) is 0 Å². The maximum Gasteiger partial charge on any atom is 0.139 e. The van der Waals surface area contributed by atoms with Crippen molar-refractivity contribution in [1.29, 1.82) is 0 Å². The van der Waals surface area contributed by atoms with Gasteiger partial charge in [0.2, 0.25) is 0 Å². The second-order valence-corrected chi connectivity index (χ2v) is 2.08. The molecule has 55 valence electrons. The molecule has 0 spiro atoms. The summed E-state index contributed by atoms with van der Waals surface area (Å²) in [4.78, 5) is 5.05. The van der Waals surface area contributed by atoms with E-state index in [0.717, 1.165) is 5.69 Å². The molecule has 1 N–H and O–H groups in total. The Balaban J connectivity index is 2.17. The summed E-state index contributed by atoms with van der Waals surface area (Å²) in [5, 5.41) is 1.53. The maximum atomic E-state index is 5.05. The van der Waals surface area contributed by atoms with E-state index in [4.69, 9.17) is 4.84 Å². The van der Waals surface area contributed by atoms with Gasteiger partial charge in [-0.05, 0) is 6.07 Å². The highest BCUT2D eigenvalue weighted by Gasteiger charge is 2.06. The Morgan fingerprint density at radius 2 is 2.45 bits per heavy atom. The first-order valence-electron chi connectivity index (χ1n) is 3.31. The largest absolute Gasteiger partial charge is 0.366 e. The van der Waals surface area contributed by atoms with Gasteiger partial charge in [-0.1, -0.05) is 18.2 Å². The number of nitrogens with zero attached hydrogens (tertiary/aromatic N) is 1. The molecule has 0 saturated heterocycles. The highest BCUT2D eigenvalue weighted by atomic mass is 16.7. The van der Waals surface area contributed by atoms with Crippen LogP contribution < -0.4 is 10.6 Å². The Bertz CT molecular complexity index is 250. The lowest BCUT2D eigenvalue weighted by molar-refractivity contribution is 0.221. The molecular formula is C8H7N2O. The van der Waals surface area contributed by atoms with Crippen LogP contribution in [0.25, 0.3) is 0 Å². The summed E-state index contributed by atoms with van der Waals surface area (Å²) in [7, 11) is 0. The fraction of sp³-hybridized carbons (Fsp3) is 0. The van der Waals surface area contributed by atoms with Gasteiger partial charge >= 0.3 is 0 Å². The molecule has 11 heavy (non-hydrogen) atoms. The summed E-state index contributed by atoms with van der Waals surface area (Å²) >= 11 is 0. The van der Waals surface area contributed by atoms with Gasteiger partial charge in [-0.2, -0.15) is 0 Å². The molecule has 0 bridgehead atoms. The van der Waals surface area contributed by atoms with E-state index in [1.807, 2.05) is 24.3 Å². The normalized spacial score (nSPS) is 14.4. The molecule has 2 rings (SSSR count). The van der Waals surface area contributed by atoms with Crippen molar-refractivity contribution in [2.45, 2.75) is 0 Å². The molecule has 1 radical (unpaired) electrons. The SMILES string of the molecule is [c]1ccccc1N1NC=CO1. The second-order valence-electron chi connectivity index (χ2n) is 2.08. The minimum Gasteiger partial charge on any atom is -0.366 e. The van der Waals surface area contributed by atoms with Crippen molar-refractivity contribution in [2.75, 3.05) is 5.17 Å². The van der Waals surface area contributed by atoms with Gasteiger partial charge in [-0.15, -0.1) is 5.17 Å². The van der Waals surface area contributed by atoms with Gasteiger partial charge in [0, 0.05) is 6.07 Å². The van der Waals surface area contributed by atoms with Gasteiger partial charge in [0.25, 0.3) is 0 Å². The van der Waals surface area contributed by atoms with E-state index < -0.39 is 0 Å². The minimum absolute atomic E-state index is 0.859. The highest BCUT2D eigenvalue weighted by Crippen LogP contribution is 2.12. The summed E-state index contributed by atoms with van der Waals surface area (Å²) in [6.07, 6.45) is 3.28. The lowest BCUT2D eigenvalue weighted by Gasteiger charge is -2.14. The van der Waals surface area contributed by atoms with Crippen molar-refractivity contribution < 1.29 is 4.84 Å². The Kier molecular flexibility index (Phi) is 1.41. The van der Waals surface area contributed by atoms with E-state index in [1.54, 1.807) is 12.5 Å². The van der Waals surface area contributed by atoms with E-state index >= 15 is 0 Å². The molecule has 0 atom stereocenters. The van der Waals surface area contributed by atoms with Crippen LogP contribution in [0.4, 0.5) is 5.69 Å². The lowest BCUT2D eigenvalue weighted by Crippen LogP contribution is -2.27.